The number of anilines is 1. The lowest BCUT2D eigenvalue weighted by Crippen LogP contribution is -2.18. The van der Waals surface area contributed by atoms with Gasteiger partial charge in [0.15, 0.2) is 4.34 Å². The molecule has 2 aromatic rings. The highest BCUT2D eigenvalue weighted by atomic mass is 32.2. The Morgan fingerprint density at radius 3 is 2.53 bits per heavy atom. The van der Waals surface area contributed by atoms with Gasteiger partial charge in [0.1, 0.15) is 22.2 Å². The lowest BCUT2D eigenvalue weighted by molar-refractivity contribution is 0.538. The van der Waals surface area contributed by atoms with Crippen LogP contribution in [0, 0.1) is 6.92 Å². The summed E-state index contributed by atoms with van der Waals surface area (Å²) >= 11 is 3.05. The molecule has 19 heavy (non-hydrogen) atoms. The molecule has 0 aliphatic rings. The molecule has 0 fully saturated rings. The van der Waals surface area contributed by atoms with Crippen LogP contribution in [0.5, 0.6) is 0 Å². The molecule has 0 saturated heterocycles. The minimum atomic E-state index is -0.0876. The monoisotopic (exact) mass is 295 g/mol. The molecular formula is C12H17N5S2. The summed E-state index contributed by atoms with van der Waals surface area (Å²) in [5.74, 6) is 1.70. The van der Waals surface area contributed by atoms with Crippen LogP contribution in [-0.4, -0.2) is 27.2 Å². The molecule has 0 spiro atoms. The molecular weight excluding hydrogens is 278 g/mol. The minimum Gasteiger partial charge on any atom is -0.373 e. The fourth-order valence-corrected chi connectivity index (χ4v) is 2.94. The highest BCUT2D eigenvalue weighted by Crippen LogP contribution is 2.33. The molecule has 2 heterocycles. The van der Waals surface area contributed by atoms with Gasteiger partial charge >= 0.3 is 0 Å². The van der Waals surface area contributed by atoms with Crippen LogP contribution >= 0.6 is 23.1 Å². The molecule has 0 aliphatic carbocycles. The third-order valence-electron chi connectivity index (χ3n) is 2.53. The zero-order chi connectivity index (χ0) is 14.0. The van der Waals surface area contributed by atoms with Gasteiger partial charge in [-0.1, -0.05) is 32.1 Å². The van der Waals surface area contributed by atoms with E-state index in [0.717, 1.165) is 26.6 Å². The summed E-state index contributed by atoms with van der Waals surface area (Å²) in [6.45, 7) is 8.34. The number of hydrogen-bond donors (Lipinski definition) is 1. The molecule has 102 valence electrons. The molecule has 2 aromatic heterocycles. The number of nitrogens with one attached hydrogen (secondary N) is 1. The number of nitrogens with zero attached hydrogens (tertiary/aromatic N) is 4. The van der Waals surface area contributed by atoms with Crippen molar-refractivity contribution in [2.24, 2.45) is 0 Å². The van der Waals surface area contributed by atoms with Crippen LogP contribution in [0.4, 0.5) is 5.82 Å². The van der Waals surface area contributed by atoms with Crippen LogP contribution < -0.4 is 5.32 Å². The average Bonchev–Trinajstić information content (AvgIpc) is 2.83. The van der Waals surface area contributed by atoms with Crippen molar-refractivity contribution in [1.29, 1.82) is 0 Å². The Labute approximate surface area is 121 Å². The van der Waals surface area contributed by atoms with E-state index in [9.17, 15) is 0 Å². The molecule has 1 N–H and O–H groups in total. The summed E-state index contributed by atoms with van der Waals surface area (Å²) < 4.78 is 0.892. The van der Waals surface area contributed by atoms with Crippen molar-refractivity contribution in [3.63, 3.8) is 0 Å². The van der Waals surface area contributed by atoms with E-state index in [0.29, 0.717) is 0 Å². The Bertz CT molecular complexity index is 560. The SMILES string of the molecule is CNc1nc(C(C)(C)C)nc(Sc2nncs2)c1C. The van der Waals surface area contributed by atoms with Gasteiger partial charge in [0, 0.05) is 18.0 Å². The molecule has 0 bridgehead atoms. The molecule has 5 nitrogen and oxygen atoms in total. The zero-order valence-electron chi connectivity index (χ0n) is 11.7. The van der Waals surface area contributed by atoms with Gasteiger partial charge in [0.25, 0.3) is 0 Å². The van der Waals surface area contributed by atoms with E-state index in [1.165, 1.54) is 23.1 Å². The normalized spacial score (nSPS) is 11.6. The van der Waals surface area contributed by atoms with Gasteiger partial charge in [-0.15, -0.1) is 10.2 Å². The van der Waals surface area contributed by atoms with Gasteiger partial charge in [0.05, 0.1) is 0 Å². The first-order valence-electron chi connectivity index (χ1n) is 5.92. The van der Waals surface area contributed by atoms with Crippen molar-refractivity contribution >= 4 is 28.9 Å². The minimum absolute atomic E-state index is 0.0876. The largest absolute Gasteiger partial charge is 0.373 e. The predicted octanol–water partition coefficient (Wildman–Crippen LogP) is 3.13. The third kappa shape index (κ3) is 3.22. The summed E-state index contributed by atoms with van der Waals surface area (Å²) in [5.41, 5.74) is 2.67. The van der Waals surface area contributed by atoms with E-state index in [-0.39, 0.29) is 5.41 Å². The first-order chi connectivity index (χ1) is 8.91. The van der Waals surface area contributed by atoms with Crippen LogP contribution in [0.1, 0.15) is 32.2 Å². The van der Waals surface area contributed by atoms with Crippen molar-refractivity contribution in [1.82, 2.24) is 20.2 Å². The molecule has 0 amide bonds. The van der Waals surface area contributed by atoms with E-state index in [2.05, 4.69) is 46.3 Å². The van der Waals surface area contributed by atoms with Crippen LogP contribution in [0.15, 0.2) is 14.9 Å². The number of hydrogen-bond acceptors (Lipinski definition) is 7. The first kappa shape index (κ1) is 14.2. The first-order valence-corrected chi connectivity index (χ1v) is 7.62. The number of aromatic nitrogens is 4. The smallest absolute Gasteiger partial charge is 0.180 e. The predicted molar refractivity (Wildman–Crippen MR) is 79.0 cm³/mol. The second-order valence-corrected chi connectivity index (χ2v) is 7.20. The average molecular weight is 295 g/mol. The van der Waals surface area contributed by atoms with Crippen LogP contribution in [-0.2, 0) is 5.41 Å². The Morgan fingerprint density at radius 1 is 1.26 bits per heavy atom. The Kier molecular flexibility index (Phi) is 4.05. The Hall–Kier alpha value is -1.21. The van der Waals surface area contributed by atoms with Crippen LogP contribution in [0.25, 0.3) is 0 Å². The van der Waals surface area contributed by atoms with Gasteiger partial charge < -0.3 is 5.32 Å². The zero-order valence-corrected chi connectivity index (χ0v) is 13.3. The van der Waals surface area contributed by atoms with Crippen molar-refractivity contribution in [3.05, 3.63) is 16.9 Å². The molecule has 0 unspecified atom stereocenters. The van der Waals surface area contributed by atoms with E-state index in [1.807, 2.05) is 14.0 Å². The van der Waals surface area contributed by atoms with E-state index in [1.54, 1.807) is 5.51 Å². The second kappa shape index (κ2) is 5.42. The quantitative estimate of drug-likeness (QED) is 0.878. The van der Waals surface area contributed by atoms with Crippen molar-refractivity contribution in [2.45, 2.75) is 42.5 Å². The van der Waals surface area contributed by atoms with Crippen molar-refractivity contribution in [2.75, 3.05) is 12.4 Å². The number of rotatable bonds is 3. The summed E-state index contributed by atoms with van der Waals surface area (Å²) in [4.78, 5) is 9.26. The maximum atomic E-state index is 4.68. The van der Waals surface area contributed by atoms with E-state index < -0.39 is 0 Å². The summed E-state index contributed by atoms with van der Waals surface area (Å²) in [6.07, 6.45) is 0. The van der Waals surface area contributed by atoms with Crippen LogP contribution in [0.2, 0.25) is 0 Å². The Balaban J connectivity index is 2.46. The molecule has 0 saturated carbocycles. The maximum absolute atomic E-state index is 4.68. The lowest BCUT2D eigenvalue weighted by atomic mass is 9.95. The fourth-order valence-electron chi connectivity index (χ4n) is 1.46. The molecule has 0 atom stereocenters. The maximum Gasteiger partial charge on any atom is 0.180 e. The highest BCUT2D eigenvalue weighted by molar-refractivity contribution is 8.01. The summed E-state index contributed by atoms with van der Waals surface area (Å²) in [6, 6.07) is 0. The summed E-state index contributed by atoms with van der Waals surface area (Å²) in [7, 11) is 1.88. The highest BCUT2D eigenvalue weighted by Gasteiger charge is 2.21. The van der Waals surface area contributed by atoms with Crippen LogP contribution in [0.3, 0.4) is 0 Å². The third-order valence-corrected chi connectivity index (χ3v) is 4.40. The standard InChI is InChI=1S/C12H17N5S2/c1-7-8(13-5)15-10(12(2,3)4)16-9(7)19-11-17-14-6-18-11/h6H,1-5H3,(H,13,15,16). The summed E-state index contributed by atoms with van der Waals surface area (Å²) in [5, 5.41) is 12.0. The molecule has 7 heteroatoms. The van der Waals surface area contributed by atoms with Gasteiger partial charge in [-0.3, -0.25) is 0 Å². The molecule has 0 aliphatic heterocycles. The van der Waals surface area contributed by atoms with E-state index in [4.69, 9.17) is 0 Å². The lowest BCUT2D eigenvalue weighted by Gasteiger charge is -2.19. The fraction of sp³-hybridized carbons (Fsp3) is 0.500. The second-order valence-electron chi connectivity index (χ2n) is 5.13. The van der Waals surface area contributed by atoms with Crippen molar-refractivity contribution in [3.8, 4) is 0 Å². The Morgan fingerprint density at radius 2 is 2.00 bits per heavy atom. The van der Waals surface area contributed by atoms with Gasteiger partial charge in [-0.05, 0) is 18.7 Å². The molecule has 0 aromatic carbocycles. The van der Waals surface area contributed by atoms with Gasteiger partial charge in [-0.25, -0.2) is 9.97 Å². The van der Waals surface area contributed by atoms with E-state index >= 15 is 0 Å². The molecule has 0 radical (unpaired) electrons. The van der Waals surface area contributed by atoms with Gasteiger partial charge in [-0.2, -0.15) is 0 Å². The van der Waals surface area contributed by atoms with Gasteiger partial charge in [0.2, 0.25) is 0 Å². The van der Waals surface area contributed by atoms with Crippen molar-refractivity contribution < 1.29 is 0 Å². The molecule has 2 rings (SSSR count). The topological polar surface area (TPSA) is 63.6 Å².